The van der Waals surface area contributed by atoms with Gasteiger partial charge in [-0.2, -0.15) is 4.99 Å². The largest absolute Gasteiger partial charge is 0.319 e. The van der Waals surface area contributed by atoms with Crippen molar-refractivity contribution in [3.05, 3.63) is 58.4 Å². The Hall–Kier alpha value is -1.56. The molecule has 6 heteroatoms. The molecule has 23 heavy (non-hydrogen) atoms. The van der Waals surface area contributed by atoms with Crippen molar-refractivity contribution < 1.29 is 4.79 Å². The van der Waals surface area contributed by atoms with E-state index in [1.54, 1.807) is 11.8 Å². The quantitative estimate of drug-likeness (QED) is 0.640. The molecule has 3 aromatic rings. The van der Waals surface area contributed by atoms with Crippen LogP contribution in [-0.4, -0.2) is 16.2 Å². The van der Waals surface area contributed by atoms with Gasteiger partial charge in [-0.15, -0.1) is 11.8 Å². The van der Waals surface area contributed by atoms with Gasteiger partial charge in [0.05, 0.1) is 10.2 Å². The zero-order valence-electron chi connectivity index (χ0n) is 12.5. The van der Waals surface area contributed by atoms with E-state index in [1.165, 1.54) is 16.2 Å². The molecule has 0 atom stereocenters. The number of aromatic nitrogens is 1. The van der Waals surface area contributed by atoms with Crippen molar-refractivity contribution in [3.8, 4) is 0 Å². The molecule has 0 N–H and O–H groups in total. The molecule has 118 valence electrons. The summed E-state index contributed by atoms with van der Waals surface area (Å²) in [4.78, 5) is 18.2. The van der Waals surface area contributed by atoms with Crippen molar-refractivity contribution >= 4 is 50.8 Å². The van der Waals surface area contributed by atoms with Crippen LogP contribution in [0.15, 0.2) is 58.4 Å². The summed E-state index contributed by atoms with van der Waals surface area (Å²) in [5.74, 6) is 0.633. The van der Waals surface area contributed by atoms with Gasteiger partial charge in [0, 0.05) is 29.1 Å². The van der Waals surface area contributed by atoms with Crippen LogP contribution >= 0.6 is 34.7 Å². The van der Waals surface area contributed by atoms with E-state index in [2.05, 4.69) is 4.99 Å². The smallest absolute Gasteiger partial charge is 0.249 e. The average Bonchev–Trinajstić information content (AvgIpc) is 2.83. The van der Waals surface area contributed by atoms with E-state index in [0.717, 1.165) is 16.0 Å². The first-order valence-electron chi connectivity index (χ1n) is 7.14. The number of fused-ring (bicyclic) bond motifs is 1. The van der Waals surface area contributed by atoms with Crippen molar-refractivity contribution in [1.82, 2.24) is 4.57 Å². The van der Waals surface area contributed by atoms with Crippen molar-refractivity contribution in [2.24, 2.45) is 12.0 Å². The number of nitrogens with zero attached hydrogens (tertiary/aromatic N) is 2. The van der Waals surface area contributed by atoms with Crippen molar-refractivity contribution in [2.75, 3.05) is 5.75 Å². The van der Waals surface area contributed by atoms with E-state index in [1.807, 2.05) is 60.1 Å². The van der Waals surface area contributed by atoms with Gasteiger partial charge >= 0.3 is 0 Å². The first kappa shape index (κ1) is 16.3. The minimum absolute atomic E-state index is 0.0957. The minimum Gasteiger partial charge on any atom is -0.319 e. The zero-order valence-corrected chi connectivity index (χ0v) is 14.9. The maximum atomic E-state index is 12.1. The summed E-state index contributed by atoms with van der Waals surface area (Å²) in [7, 11) is 1.91. The van der Waals surface area contributed by atoms with Crippen LogP contribution in [0.25, 0.3) is 10.2 Å². The van der Waals surface area contributed by atoms with Crippen LogP contribution in [0.1, 0.15) is 6.42 Å². The zero-order chi connectivity index (χ0) is 16.2. The lowest BCUT2D eigenvalue weighted by Crippen LogP contribution is -2.13. The number of benzene rings is 2. The molecule has 0 radical (unpaired) electrons. The second kappa shape index (κ2) is 7.34. The van der Waals surface area contributed by atoms with Crippen LogP contribution in [0, 0.1) is 0 Å². The molecule has 0 saturated heterocycles. The van der Waals surface area contributed by atoms with Gasteiger partial charge in [0.1, 0.15) is 0 Å². The van der Waals surface area contributed by atoms with Crippen LogP contribution < -0.4 is 4.80 Å². The number of thiazole rings is 1. The van der Waals surface area contributed by atoms with Gasteiger partial charge in [-0.3, -0.25) is 4.79 Å². The second-order valence-corrected chi connectivity index (χ2v) is 7.59. The van der Waals surface area contributed by atoms with E-state index in [-0.39, 0.29) is 5.91 Å². The summed E-state index contributed by atoms with van der Waals surface area (Å²) in [5.41, 5.74) is 1.03. The highest BCUT2D eigenvalue weighted by Crippen LogP contribution is 2.21. The summed E-state index contributed by atoms with van der Waals surface area (Å²) in [6.07, 6.45) is 0.425. The number of halogens is 1. The third kappa shape index (κ3) is 4.05. The van der Waals surface area contributed by atoms with Gasteiger partial charge in [-0.05, 0) is 30.3 Å². The number of aryl methyl sites for hydroxylation is 1. The summed E-state index contributed by atoms with van der Waals surface area (Å²) in [6.45, 7) is 0. The van der Waals surface area contributed by atoms with Gasteiger partial charge in [-0.25, -0.2) is 0 Å². The third-order valence-corrected chi connectivity index (χ3v) is 5.66. The lowest BCUT2D eigenvalue weighted by molar-refractivity contribution is -0.117. The Kier molecular flexibility index (Phi) is 5.20. The standard InChI is InChI=1S/C17H15ClN2OS2/c1-20-14-8-7-12(18)11-15(14)23-17(20)19-16(21)9-10-22-13-5-3-2-4-6-13/h2-8,11H,9-10H2,1H3. The number of thioether (sulfide) groups is 1. The minimum atomic E-state index is -0.0957. The third-order valence-electron chi connectivity index (χ3n) is 3.32. The molecule has 1 amide bonds. The first-order chi connectivity index (χ1) is 11.1. The molecule has 0 unspecified atom stereocenters. The number of carbonyl (C=O) groups is 1. The van der Waals surface area contributed by atoms with E-state index in [0.29, 0.717) is 16.2 Å². The second-order valence-electron chi connectivity index (χ2n) is 4.97. The number of rotatable bonds is 4. The Morgan fingerprint density at radius 3 is 2.83 bits per heavy atom. The lowest BCUT2D eigenvalue weighted by atomic mass is 10.3. The lowest BCUT2D eigenvalue weighted by Gasteiger charge is -1.98. The van der Waals surface area contributed by atoms with E-state index < -0.39 is 0 Å². The Labute approximate surface area is 147 Å². The fourth-order valence-corrected chi connectivity index (χ4v) is 4.32. The molecule has 0 aliphatic heterocycles. The summed E-state index contributed by atoms with van der Waals surface area (Å²) >= 11 is 9.16. The van der Waals surface area contributed by atoms with Crippen molar-refractivity contribution in [1.29, 1.82) is 0 Å². The van der Waals surface area contributed by atoms with E-state index >= 15 is 0 Å². The molecule has 0 fully saturated rings. The summed E-state index contributed by atoms with van der Waals surface area (Å²) in [6, 6.07) is 15.8. The Balaban J connectivity index is 1.71. The van der Waals surface area contributed by atoms with Gasteiger partial charge < -0.3 is 4.57 Å². The molecule has 0 aliphatic carbocycles. The van der Waals surface area contributed by atoms with Gasteiger partial charge in [0.25, 0.3) is 0 Å². The van der Waals surface area contributed by atoms with E-state index in [9.17, 15) is 4.79 Å². The molecule has 2 aromatic carbocycles. The highest BCUT2D eigenvalue weighted by atomic mass is 35.5. The highest BCUT2D eigenvalue weighted by molar-refractivity contribution is 7.99. The molecule has 0 saturated carbocycles. The Bertz CT molecular complexity index is 900. The van der Waals surface area contributed by atoms with Gasteiger partial charge in [0.2, 0.25) is 5.91 Å². The molecule has 3 rings (SSSR count). The van der Waals surface area contributed by atoms with Crippen LogP contribution in [0.5, 0.6) is 0 Å². The van der Waals surface area contributed by atoms with Gasteiger partial charge in [0.15, 0.2) is 4.80 Å². The Morgan fingerprint density at radius 2 is 2.04 bits per heavy atom. The molecular weight excluding hydrogens is 348 g/mol. The Morgan fingerprint density at radius 1 is 1.26 bits per heavy atom. The van der Waals surface area contributed by atoms with Crippen molar-refractivity contribution in [3.63, 3.8) is 0 Å². The SMILES string of the molecule is Cn1c(=NC(=O)CCSc2ccccc2)sc2cc(Cl)ccc21. The van der Waals surface area contributed by atoms with Crippen LogP contribution in [-0.2, 0) is 11.8 Å². The van der Waals surface area contributed by atoms with Gasteiger partial charge in [-0.1, -0.05) is 41.1 Å². The molecule has 0 bridgehead atoms. The predicted octanol–water partition coefficient (Wildman–Crippen LogP) is 4.50. The fourth-order valence-electron chi connectivity index (χ4n) is 2.15. The van der Waals surface area contributed by atoms with Crippen LogP contribution in [0.3, 0.4) is 0 Å². The summed E-state index contributed by atoms with van der Waals surface area (Å²) < 4.78 is 2.96. The summed E-state index contributed by atoms with van der Waals surface area (Å²) in [5, 5.41) is 0.691. The molecular formula is C17H15ClN2OS2. The number of hydrogen-bond donors (Lipinski definition) is 0. The molecule has 0 spiro atoms. The number of hydrogen-bond acceptors (Lipinski definition) is 3. The van der Waals surface area contributed by atoms with Crippen molar-refractivity contribution in [2.45, 2.75) is 11.3 Å². The monoisotopic (exact) mass is 362 g/mol. The maximum absolute atomic E-state index is 12.1. The molecule has 3 nitrogen and oxygen atoms in total. The number of carbonyl (C=O) groups excluding carboxylic acids is 1. The first-order valence-corrected chi connectivity index (χ1v) is 9.32. The molecule has 1 heterocycles. The molecule has 0 aliphatic rings. The highest BCUT2D eigenvalue weighted by Gasteiger charge is 2.06. The average molecular weight is 363 g/mol. The topological polar surface area (TPSA) is 34.4 Å². The normalized spacial score (nSPS) is 12.0. The fraction of sp³-hybridized carbons (Fsp3) is 0.176. The predicted molar refractivity (Wildman–Crippen MR) is 98.2 cm³/mol. The maximum Gasteiger partial charge on any atom is 0.249 e. The van der Waals surface area contributed by atoms with E-state index in [4.69, 9.17) is 11.6 Å². The van der Waals surface area contributed by atoms with Crippen LogP contribution in [0.4, 0.5) is 0 Å². The van der Waals surface area contributed by atoms with Crippen LogP contribution in [0.2, 0.25) is 5.02 Å². The molecule has 1 aromatic heterocycles. The number of amides is 1.